The Balaban J connectivity index is 1.73. The minimum absolute atomic E-state index is 0.208. The molecule has 1 aromatic heterocycles. The van der Waals surface area contributed by atoms with Crippen molar-refractivity contribution >= 4 is 29.1 Å². The molecular weight excluding hydrogens is 433 g/mol. The molecule has 1 heterocycles. The van der Waals surface area contributed by atoms with E-state index in [4.69, 9.17) is 23.2 Å². The summed E-state index contributed by atoms with van der Waals surface area (Å²) in [6.45, 7) is -0.231. The van der Waals surface area contributed by atoms with Crippen molar-refractivity contribution < 1.29 is 9.90 Å². The van der Waals surface area contributed by atoms with Gasteiger partial charge in [0.1, 0.15) is 11.5 Å². The molecule has 0 saturated heterocycles. The lowest BCUT2D eigenvalue weighted by molar-refractivity contribution is 0.0911. The van der Waals surface area contributed by atoms with E-state index in [-0.39, 0.29) is 12.3 Å². The number of nitrogens with zero attached hydrogens (tertiary/aromatic N) is 2. The van der Waals surface area contributed by atoms with Crippen LogP contribution in [0.15, 0.2) is 85.1 Å². The highest BCUT2D eigenvalue weighted by molar-refractivity contribution is 6.33. The Kier molecular flexibility index (Phi) is 6.37. The van der Waals surface area contributed by atoms with Crippen LogP contribution in [0.5, 0.6) is 0 Å². The van der Waals surface area contributed by atoms with E-state index >= 15 is 0 Å². The number of hydrogen-bond donors (Lipinski definition) is 2. The van der Waals surface area contributed by atoms with E-state index in [1.165, 1.54) is 0 Å². The normalized spacial score (nSPS) is 11.8. The van der Waals surface area contributed by atoms with E-state index in [2.05, 4.69) is 10.3 Å². The molecule has 4 rings (SSSR count). The van der Waals surface area contributed by atoms with Gasteiger partial charge in [0.05, 0.1) is 17.7 Å². The van der Waals surface area contributed by atoms with Gasteiger partial charge in [0, 0.05) is 22.5 Å². The second kappa shape index (κ2) is 9.35. The molecule has 3 aromatic carbocycles. The third-order valence-corrected chi connectivity index (χ3v) is 5.43. The highest BCUT2D eigenvalue weighted by Crippen LogP contribution is 2.29. The van der Waals surface area contributed by atoms with Gasteiger partial charge < -0.3 is 10.4 Å². The molecule has 156 valence electrons. The van der Waals surface area contributed by atoms with Gasteiger partial charge in [-0.15, -0.1) is 0 Å². The van der Waals surface area contributed by atoms with Crippen LogP contribution in [0.2, 0.25) is 10.0 Å². The first-order valence-corrected chi connectivity index (χ1v) is 10.4. The molecule has 0 bridgehead atoms. The van der Waals surface area contributed by atoms with Gasteiger partial charge in [-0.2, -0.15) is 0 Å². The number of carbonyl (C=O) groups is 1. The number of aromatic nitrogens is 2. The molecule has 0 unspecified atom stereocenters. The molecule has 31 heavy (non-hydrogen) atoms. The number of imidazole rings is 1. The van der Waals surface area contributed by atoms with Crippen molar-refractivity contribution in [3.8, 4) is 17.1 Å². The van der Waals surface area contributed by atoms with Gasteiger partial charge in [-0.3, -0.25) is 9.36 Å². The predicted molar refractivity (Wildman–Crippen MR) is 123 cm³/mol. The van der Waals surface area contributed by atoms with Crippen molar-refractivity contribution in [1.82, 2.24) is 14.9 Å². The fourth-order valence-corrected chi connectivity index (χ4v) is 3.62. The average Bonchev–Trinajstić information content (AvgIpc) is 3.24. The number of aliphatic hydroxyl groups is 1. The van der Waals surface area contributed by atoms with E-state index < -0.39 is 11.9 Å². The zero-order chi connectivity index (χ0) is 21.8. The zero-order valence-corrected chi connectivity index (χ0v) is 17.9. The first kappa shape index (κ1) is 21.1. The lowest BCUT2D eigenvalue weighted by atomic mass is 10.1. The van der Waals surface area contributed by atoms with Crippen LogP contribution in [-0.2, 0) is 0 Å². The fraction of sp³-hybridized carbons (Fsp3) is 0.0833. The van der Waals surface area contributed by atoms with Crippen LogP contribution in [-0.4, -0.2) is 27.2 Å². The first-order chi connectivity index (χ1) is 15.1. The van der Waals surface area contributed by atoms with Crippen molar-refractivity contribution in [1.29, 1.82) is 0 Å². The molecular formula is C24H19Cl2N3O2. The topological polar surface area (TPSA) is 67.2 Å². The molecule has 0 aliphatic carbocycles. The van der Waals surface area contributed by atoms with Crippen LogP contribution in [0.25, 0.3) is 17.1 Å². The Bertz CT molecular complexity index is 1190. The quantitative estimate of drug-likeness (QED) is 0.417. The molecule has 0 aliphatic heterocycles. The Morgan fingerprint density at radius 2 is 1.65 bits per heavy atom. The summed E-state index contributed by atoms with van der Waals surface area (Å²) in [5.74, 6) is 0.127. The SMILES string of the molecule is O=C(N[C@@H](CO)c1ccccc1)c1cn(-c2ccc(Cl)cc2)c(-c2ccccc2Cl)n1. The number of benzene rings is 3. The maximum Gasteiger partial charge on any atom is 0.272 e. The Labute approximate surface area is 189 Å². The summed E-state index contributed by atoms with van der Waals surface area (Å²) in [7, 11) is 0. The van der Waals surface area contributed by atoms with E-state index in [9.17, 15) is 9.90 Å². The van der Waals surface area contributed by atoms with Gasteiger partial charge in [-0.25, -0.2) is 4.98 Å². The standard InChI is InChI=1S/C24H19Cl2N3O2/c25-17-10-12-18(13-11-17)29-14-21(27-23(29)19-8-4-5-9-20(19)26)24(31)28-22(15-30)16-6-2-1-3-7-16/h1-14,22,30H,15H2,(H,28,31)/t22-/m0/s1. The minimum atomic E-state index is -0.543. The van der Waals surface area contributed by atoms with E-state index in [1.807, 2.05) is 60.7 Å². The Hall–Kier alpha value is -3.12. The highest BCUT2D eigenvalue weighted by Gasteiger charge is 2.21. The molecule has 1 atom stereocenters. The Morgan fingerprint density at radius 3 is 2.32 bits per heavy atom. The number of carbonyl (C=O) groups excluding carboxylic acids is 1. The van der Waals surface area contributed by atoms with E-state index in [0.717, 1.165) is 11.3 Å². The molecule has 0 spiro atoms. The van der Waals surface area contributed by atoms with Crippen LogP contribution < -0.4 is 5.32 Å². The lowest BCUT2D eigenvalue weighted by Crippen LogP contribution is -2.31. The molecule has 0 radical (unpaired) electrons. The number of hydrogen-bond acceptors (Lipinski definition) is 3. The fourth-order valence-electron chi connectivity index (χ4n) is 3.27. The van der Waals surface area contributed by atoms with Crippen molar-refractivity contribution in [2.24, 2.45) is 0 Å². The molecule has 0 saturated carbocycles. The van der Waals surface area contributed by atoms with Gasteiger partial charge in [0.15, 0.2) is 0 Å². The third-order valence-electron chi connectivity index (χ3n) is 4.85. The van der Waals surface area contributed by atoms with Gasteiger partial charge in [-0.1, -0.05) is 65.7 Å². The van der Waals surface area contributed by atoms with Crippen molar-refractivity contribution in [2.45, 2.75) is 6.04 Å². The number of amides is 1. The maximum absolute atomic E-state index is 13.0. The molecule has 1 amide bonds. The molecule has 5 nitrogen and oxygen atoms in total. The molecule has 7 heteroatoms. The van der Waals surface area contributed by atoms with Crippen molar-refractivity contribution in [3.05, 3.63) is 106 Å². The summed E-state index contributed by atoms with van der Waals surface area (Å²) in [4.78, 5) is 17.6. The summed E-state index contributed by atoms with van der Waals surface area (Å²) in [6.07, 6.45) is 1.65. The van der Waals surface area contributed by atoms with Gasteiger partial charge in [-0.05, 0) is 42.0 Å². The van der Waals surface area contributed by atoms with Crippen molar-refractivity contribution in [3.63, 3.8) is 0 Å². The zero-order valence-electron chi connectivity index (χ0n) is 16.4. The summed E-state index contributed by atoms with van der Waals surface area (Å²) in [5, 5.41) is 13.8. The van der Waals surface area contributed by atoms with Crippen LogP contribution in [0, 0.1) is 0 Å². The molecule has 0 aliphatic rings. The monoisotopic (exact) mass is 451 g/mol. The van der Waals surface area contributed by atoms with Crippen LogP contribution in [0.1, 0.15) is 22.1 Å². The summed E-state index contributed by atoms with van der Waals surface area (Å²) >= 11 is 12.4. The molecule has 4 aromatic rings. The third kappa shape index (κ3) is 4.64. The number of rotatable bonds is 6. The predicted octanol–water partition coefficient (Wildman–Crippen LogP) is 5.31. The highest BCUT2D eigenvalue weighted by atomic mass is 35.5. The van der Waals surface area contributed by atoms with Crippen LogP contribution >= 0.6 is 23.2 Å². The van der Waals surface area contributed by atoms with E-state index in [0.29, 0.717) is 21.4 Å². The molecule has 0 fully saturated rings. The van der Waals surface area contributed by atoms with Gasteiger partial charge in [0.2, 0.25) is 0 Å². The maximum atomic E-state index is 13.0. The lowest BCUT2D eigenvalue weighted by Gasteiger charge is -2.15. The largest absolute Gasteiger partial charge is 0.394 e. The number of halogens is 2. The van der Waals surface area contributed by atoms with Crippen LogP contribution in [0.4, 0.5) is 0 Å². The van der Waals surface area contributed by atoms with Crippen LogP contribution in [0.3, 0.4) is 0 Å². The summed E-state index contributed by atoms with van der Waals surface area (Å²) in [6, 6.07) is 23.3. The Morgan fingerprint density at radius 1 is 0.968 bits per heavy atom. The minimum Gasteiger partial charge on any atom is -0.394 e. The number of nitrogens with one attached hydrogen (secondary N) is 1. The number of aliphatic hydroxyl groups excluding tert-OH is 1. The van der Waals surface area contributed by atoms with Gasteiger partial charge >= 0.3 is 0 Å². The van der Waals surface area contributed by atoms with Crippen molar-refractivity contribution in [2.75, 3.05) is 6.61 Å². The molecule has 2 N–H and O–H groups in total. The first-order valence-electron chi connectivity index (χ1n) is 9.63. The summed E-state index contributed by atoms with van der Waals surface area (Å²) in [5.41, 5.74) is 2.49. The second-order valence-electron chi connectivity index (χ2n) is 6.90. The van der Waals surface area contributed by atoms with E-state index in [1.54, 1.807) is 29.0 Å². The smallest absolute Gasteiger partial charge is 0.272 e. The second-order valence-corrected chi connectivity index (χ2v) is 7.74. The summed E-state index contributed by atoms with van der Waals surface area (Å²) < 4.78 is 1.79. The average molecular weight is 452 g/mol. The van der Waals surface area contributed by atoms with Gasteiger partial charge in [0.25, 0.3) is 5.91 Å².